The summed E-state index contributed by atoms with van der Waals surface area (Å²) in [5, 5.41) is 9.18. The Balaban J connectivity index is 0.000000370. The van der Waals surface area contributed by atoms with Crippen molar-refractivity contribution in [2.75, 3.05) is 0 Å². The fraction of sp³-hybridized carbons (Fsp3) is 0.240. The molecule has 2 aromatic carbocycles. The Kier molecular flexibility index (Phi) is 9.52. The molecule has 0 heterocycles. The van der Waals surface area contributed by atoms with Crippen LogP contribution in [0.3, 0.4) is 0 Å². The summed E-state index contributed by atoms with van der Waals surface area (Å²) >= 11 is 0. The van der Waals surface area contributed by atoms with Crippen molar-refractivity contribution in [2.45, 2.75) is 39.7 Å². The molecule has 0 aliphatic rings. The average molecular weight is 379 g/mol. The molecule has 2 aromatic rings. The number of carbonyl (C=O) groups excluding carboxylic acids is 1. The molecule has 3 heteroatoms. The van der Waals surface area contributed by atoms with Crippen LogP contribution in [0.25, 0.3) is 12.2 Å². The zero-order valence-corrected chi connectivity index (χ0v) is 17.2. The van der Waals surface area contributed by atoms with Gasteiger partial charge in [-0.3, -0.25) is 0 Å². The first-order valence-corrected chi connectivity index (χ1v) is 9.31. The summed E-state index contributed by atoms with van der Waals surface area (Å²) in [6, 6.07) is 15.7. The smallest absolute Gasteiger partial charge is 0.330 e. The summed E-state index contributed by atoms with van der Waals surface area (Å²) in [7, 11) is 0. The number of aryl methyl sites for hydroxylation is 1. The van der Waals surface area contributed by atoms with Gasteiger partial charge in [-0.05, 0) is 56.0 Å². The number of hydrogen-bond acceptors (Lipinski definition) is 3. The van der Waals surface area contributed by atoms with Gasteiger partial charge in [0.05, 0.1) is 0 Å². The second-order valence-electron chi connectivity index (χ2n) is 7.14. The molecule has 0 spiro atoms. The van der Waals surface area contributed by atoms with Crippen LogP contribution in [0.5, 0.6) is 5.75 Å². The van der Waals surface area contributed by atoms with E-state index < -0.39 is 5.60 Å². The standard InChI is InChI=1S/C18H18O.C7H12O2/c1-2-15-7-9-16(10-8-15)5-3-4-6-17-11-13-18(19)14-12-17;1-5-6(8)9-7(2,3)4/h3-14,19H,2H2,1H3;5H,1H2,2-4H3. The molecule has 0 bridgehead atoms. The minimum Gasteiger partial charge on any atom is -0.508 e. The zero-order chi connectivity index (χ0) is 21.0. The number of esters is 1. The minimum absolute atomic E-state index is 0.295. The van der Waals surface area contributed by atoms with Crippen molar-refractivity contribution >= 4 is 18.1 Å². The third kappa shape index (κ3) is 10.2. The summed E-state index contributed by atoms with van der Waals surface area (Å²) in [6.45, 7) is 10.9. The molecule has 0 amide bonds. The van der Waals surface area contributed by atoms with E-state index in [1.807, 2.05) is 51.1 Å². The topological polar surface area (TPSA) is 46.5 Å². The van der Waals surface area contributed by atoms with Gasteiger partial charge in [-0.15, -0.1) is 0 Å². The first-order valence-electron chi connectivity index (χ1n) is 9.31. The Morgan fingerprint density at radius 1 is 0.964 bits per heavy atom. The van der Waals surface area contributed by atoms with E-state index in [-0.39, 0.29) is 5.97 Å². The second kappa shape index (κ2) is 11.6. The molecule has 0 unspecified atom stereocenters. The number of aromatic hydroxyl groups is 1. The molecule has 3 nitrogen and oxygen atoms in total. The van der Waals surface area contributed by atoms with Crippen LogP contribution in [-0.2, 0) is 16.0 Å². The van der Waals surface area contributed by atoms with Gasteiger partial charge in [0.25, 0.3) is 0 Å². The van der Waals surface area contributed by atoms with Gasteiger partial charge in [0, 0.05) is 6.08 Å². The minimum atomic E-state index is -0.398. The van der Waals surface area contributed by atoms with Gasteiger partial charge >= 0.3 is 5.97 Å². The van der Waals surface area contributed by atoms with Gasteiger partial charge in [-0.25, -0.2) is 4.79 Å². The Morgan fingerprint density at radius 2 is 1.43 bits per heavy atom. The van der Waals surface area contributed by atoms with Gasteiger partial charge in [0.15, 0.2) is 0 Å². The van der Waals surface area contributed by atoms with Crippen molar-refractivity contribution in [1.82, 2.24) is 0 Å². The highest BCUT2D eigenvalue weighted by molar-refractivity contribution is 5.81. The molecule has 0 atom stereocenters. The maximum Gasteiger partial charge on any atom is 0.330 e. The summed E-state index contributed by atoms with van der Waals surface area (Å²) in [6.07, 6.45) is 10.3. The van der Waals surface area contributed by atoms with Gasteiger partial charge in [-0.2, -0.15) is 0 Å². The lowest BCUT2D eigenvalue weighted by Gasteiger charge is -2.17. The molecular weight excluding hydrogens is 348 g/mol. The number of ether oxygens (including phenoxy) is 1. The number of phenolic OH excluding ortho intramolecular Hbond substituents is 1. The van der Waals surface area contributed by atoms with Crippen LogP contribution in [0.2, 0.25) is 0 Å². The highest BCUT2D eigenvalue weighted by atomic mass is 16.6. The molecule has 0 aromatic heterocycles. The molecule has 0 aliphatic carbocycles. The third-order valence-electron chi connectivity index (χ3n) is 3.54. The second-order valence-corrected chi connectivity index (χ2v) is 7.14. The predicted molar refractivity (Wildman–Crippen MR) is 118 cm³/mol. The van der Waals surface area contributed by atoms with E-state index in [1.54, 1.807) is 12.1 Å². The zero-order valence-electron chi connectivity index (χ0n) is 17.2. The van der Waals surface area contributed by atoms with Crippen molar-refractivity contribution in [3.8, 4) is 5.75 Å². The Hall–Kier alpha value is -3.07. The van der Waals surface area contributed by atoms with E-state index in [4.69, 9.17) is 4.74 Å². The fourth-order valence-electron chi connectivity index (χ4n) is 2.13. The SMILES string of the molecule is C=CC(=O)OC(C)(C)C.CCc1ccc(C=CC=Cc2ccc(O)cc2)cc1. The van der Waals surface area contributed by atoms with Crippen LogP contribution in [0.1, 0.15) is 44.4 Å². The van der Waals surface area contributed by atoms with E-state index in [0.717, 1.165) is 18.1 Å². The summed E-state index contributed by atoms with van der Waals surface area (Å²) < 4.78 is 4.83. The molecule has 0 saturated heterocycles. The monoisotopic (exact) mass is 378 g/mol. The molecule has 2 rings (SSSR count). The fourth-order valence-corrected chi connectivity index (χ4v) is 2.13. The van der Waals surface area contributed by atoms with Crippen molar-refractivity contribution in [3.63, 3.8) is 0 Å². The molecule has 0 fully saturated rings. The Bertz CT molecular complexity index is 789. The maximum atomic E-state index is 10.5. The Labute approximate surface area is 168 Å². The van der Waals surface area contributed by atoms with Crippen LogP contribution < -0.4 is 0 Å². The van der Waals surface area contributed by atoms with Crippen LogP contribution >= 0.6 is 0 Å². The number of allylic oxidation sites excluding steroid dienone is 2. The maximum absolute atomic E-state index is 10.5. The summed E-state index contributed by atoms with van der Waals surface area (Å²) in [5.74, 6) is -0.0776. The van der Waals surface area contributed by atoms with E-state index in [9.17, 15) is 9.90 Å². The molecule has 28 heavy (non-hydrogen) atoms. The van der Waals surface area contributed by atoms with E-state index in [1.165, 1.54) is 11.1 Å². The first kappa shape index (κ1) is 23.0. The van der Waals surface area contributed by atoms with Gasteiger partial charge in [0.2, 0.25) is 0 Å². The van der Waals surface area contributed by atoms with E-state index >= 15 is 0 Å². The van der Waals surface area contributed by atoms with Gasteiger partial charge < -0.3 is 9.84 Å². The van der Waals surface area contributed by atoms with Crippen molar-refractivity contribution in [1.29, 1.82) is 0 Å². The van der Waals surface area contributed by atoms with Crippen molar-refractivity contribution < 1.29 is 14.6 Å². The van der Waals surface area contributed by atoms with Crippen molar-refractivity contribution in [3.05, 3.63) is 90.0 Å². The predicted octanol–water partition coefficient (Wildman–Crippen LogP) is 6.20. The highest BCUT2D eigenvalue weighted by Crippen LogP contribution is 2.11. The van der Waals surface area contributed by atoms with Crippen LogP contribution in [-0.4, -0.2) is 16.7 Å². The molecular formula is C25H30O3. The molecule has 148 valence electrons. The lowest BCUT2D eigenvalue weighted by molar-refractivity contribution is -0.148. The number of phenols is 1. The van der Waals surface area contributed by atoms with Crippen molar-refractivity contribution in [2.24, 2.45) is 0 Å². The van der Waals surface area contributed by atoms with E-state index in [2.05, 4.69) is 43.8 Å². The van der Waals surface area contributed by atoms with E-state index in [0.29, 0.717) is 5.75 Å². The highest BCUT2D eigenvalue weighted by Gasteiger charge is 2.12. The van der Waals surface area contributed by atoms with Crippen LogP contribution in [0, 0.1) is 0 Å². The summed E-state index contributed by atoms with van der Waals surface area (Å²) in [4.78, 5) is 10.5. The normalized spacial score (nSPS) is 11.1. The number of hydrogen-bond donors (Lipinski definition) is 1. The van der Waals surface area contributed by atoms with Crippen LogP contribution in [0.4, 0.5) is 0 Å². The average Bonchev–Trinajstić information content (AvgIpc) is 2.66. The summed E-state index contributed by atoms with van der Waals surface area (Å²) in [5.41, 5.74) is 3.23. The largest absolute Gasteiger partial charge is 0.508 e. The quantitative estimate of drug-likeness (QED) is 0.383. The molecule has 1 N–H and O–H groups in total. The lowest BCUT2D eigenvalue weighted by atomic mass is 10.1. The third-order valence-corrected chi connectivity index (χ3v) is 3.54. The number of carbonyl (C=O) groups is 1. The van der Waals surface area contributed by atoms with Gasteiger partial charge in [0.1, 0.15) is 11.4 Å². The van der Waals surface area contributed by atoms with Gasteiger partial charge in [-0.1, -0.05) is 74.2 Å². The molecule has 0 radical (unpaired) electrons. The first-order chi connectivity index (χ1) is 13.2. The number of benzene rings is 2. The number of rotatable bonds is 5. The molecule has 0 aliphatic heterocycles. The Morgan fingerprint density at radius 3 is 1.79 bits per heavy atom. The molecule has 0 saturated carbocycles. The van der Waals surface area contributed by atoms with Crippen LogP contribution in [0.15, 0.2) is 73.3 Å². The lowest BCUT2D eigenvalue weighted by Crippen LogP contribution is -2.22.